The molecule has 0 aromatic heterocycles. The fourth-order valence-electron chi connectivity index (χ4n) is 1.93. The Morgan fingerprint density at radius 2 is 1.88 bits per heavy atom. The third-order valence-corrected chi connectivity index (χ3v) is 2.76. The molecule has 0 saturated carbocycles. The van der Waals surface area contributed by atoms with Gasteiger partial charge in [-0.15, -0.1) is 0 Å². The van der Waals surface area contributed by atoms with E-state index in [1.807, 2.05) is 51.9 Å². The lowest BCUT2D eigenvalue weighted by molar-refractivity contribution is 0.137. The van der Waals surface area contributed by atoms with E-state index < -0.39 is 6.10 Å². The quantitative estimate of drug-likeness (QED) is 0.853. The van der Waals surface area contributed by atoms with E-state index in [2.05, 4.69) is 0 Å². The minimum atomic E-state index is -0.445. The predicted octanol–water partition coefficient (Wildman–Crippen LogP) is 2.30. The van der Waals surface area contributed by atoms with Gasteiger partial charge in [-0.05, 0) is 63.7 Å². The molecule has 0 saturated heterocycles. The fourth-order valence-corrected chi connectivity index (χ4v) is 1.93. The molecule has 0 amide bonds. The number of aliphatic hydroxyl groups excluding tert-OH is 1. The zero-order valence-corrected chi connectivity index (χ0v) is 11.4. The van der Waals surface area contributed by atoms with Gasteiger partial charge in [0.15, 0.2) is 0 Å². The lowest BCUT2D eigenvalue weighted by Gasteiger charge is -2.20. The first-order valence-electron chi connectivity index (χ1n) is 6.02. The van der Waals surface area contributed by atoms with Gasteiger partial charge in [-0.2, -0.15) is 0 Å². The molecule has 1 aromatic carbocycles. The zero-order valence-electron chi connectivity index (χ0n) is 11.4. The van der Waals surface area contributed by atoms with Crippen LogP contribution < -0.4 is 4.74 Å². The van der Waals surface area contributed by atoms with E-state index in [4.69, 9.17) is 4.74 Å². The van der Waals surface area contributed by atoms with E-state index in [0.29, 0.717) is 13.2 Å². The number of likely N-dealkylation sites (N-methyl/N-ethyl adjacent to an activating group) is 1. The Morgan fingerprint density at radius 1 is 1.24 bits per heavy atom. The Balaban J connectivity index is 2.98. The maximum absolute atomic E-state index is 10.1. The van der Waals surface area contributed by atoms with Crippen molar-refractivity contribution in [3.63, 3.8) is 0 Å². The molecule has 0 fully saturated rings. The number of benzene rings is 1. The van der Waals surface area contributed by atoms with Gasteiger partial charge in [-0.3, -0.25) is 0 Å². The molecule has 96 valence electrons. The summed E-state index contributed by atoms with van der Waals surface area (Å²) in [6.45, 7) is 7.30. The Kier molecular flexibility index (Phi) is 4.97. The summed E-state index contributed by atoms with van der Waals surface area (Å²) >= 11 is 0. The molecule has 3 heteroatoms. The molecule has 0 spiro atoms. The smallest absolute Gasteiger partial charge is 0.122 e. The molecule has 3 nitrogen and oxygen atoms in total. The van der Waals surface area contributed by atoms with Gasteiger partial charge in [0.1, 0.15) is 5.75 Å². The van der Waals surface area contributed by atoms with Gasteiger partial charge >= 0.3 is 0 Å². The van der Waals surface area contributed by atoms with E-state index in [9.17, 15) is 5.11 Å². The van der Waals surface area contributed by atoms with Crippen LogP contribution in [0.5, 0.6) is 5.75 Å². The highest BCUT2D eigenvalue weighted by atomic mass is 16.5. The van der Waals surface area contributed by atoms with Crippen LogP contribution in [0.2, 0.25) is 0 Å². The van der Waals surface area contributed by atoms with Crippen molar-refractivity contribution in [2.45, 2.75) is 26.9 Å². The number of hydrogen-bond acceptors (Lipinski definition) is 3. The highest BCUT2D eigenvalue weighted by Gasteiger charge is 2.13. The van der Waals surface area contributed by atoms with Crippen LogP contribution in [0, 0.1) is 13.8 Å². The van der Waals surface area contributed by atoms with Crippen molar-refractivity contribution in [1.29, 1.82) is 0 Å². The summed E-state index contributed by atoms with van der Waals surface area (Å²) in [6, 6.07) is 4.03. The molecule has 0 radical (unpaired) electrons. The number of ether oxygens (including phenoxy) is 1. The normalized spacial score (nSPS) is 12.9. The molecule has 1 N–H and O–H groups in total. The van der Waals surface area contributed by atoms with Crippen LogP contribution in [-0.2, 0) is 0 Å². The van der Waals surface area contributed by atoms with Crippen molar-refractivity contribution in [3.05, 3.63) is 28.8 Å². The molecule has 0 bridgehead atoms. The van der Waals surface area contributed by atoms with Crippen molar-refractivity contribution >= 4 is 0 Å². The topological polar surface area (TPSA) is 32.7 Å². The van der Waals surface area contributed by atoms with Crippen LogP contribution in [-0.4, -0.2) is 37.3 Å². The first-order chi connectivity index (χ1) is 7.95. The SMILES string of the molecule is CCOc1cc(C)c(C(O)CN(C)C)cc1C. The molecule has 1 atom stereocenters. The summed E-state index contributed by atoms with van der Waals surface area (Å²) in [5, 5.41) is 10.1. The summed E-state index contributed by atoms with van der Waals surface area (Å²) < 4.78 is 5.54. The fraction of sp³-hybridized carbons (Fsp3) is 0.571. The Bertz CT molecular complexity index is 375. The highest BCUT2D eigenvalue weighted by molar-refractivity contribution is 5.42. The summed E-state index contributed by atoms with van der Waals surface area (Å²) in [5.74, 6) is 0.908. The minimum absolute atomic E-state index is 0.445. The molecule has 0 aliphatic rings. The van der Waals surface area contributed by atoms with E-state index in [1.54, 1.807) is 0 Å². The number of aliphatic hydroxyl groups is 1. The minimum Gasteiger partial charge on any atom is -0.494 e. The van der Waals surface area contributed by atoms with Gasteiger partial charge in [-0.1, -0.05) is 0 Å². The van der Waals surface area contributed by atoms with E-state index >= 15 is 0 Å². The number of rotatable bonds is 5. The molecule has 0 aliphatic heterocycles. The second-order valence-electron chi connectivity index (χ2n) is 4.69. The molecular weight excluding hydrogens is 214 g/mol. The first-order valence-corrected chi connectivity index (χ1v) is 6.02. The Hall–Kier alpha value is -1.06. The van der Waals surface area contributed by atoms with Crippen molar-refractivity contribution < 1.29 is 9.84 Å². The van der Waals surface area contributed by atoms with Gasteiger partial charge in [0.25, 0.3) is 0 Å². The average molecular weight is 237 g/mol. The highest BCUT2D eigenvalue weighted by Crippen LogP contribution is 2.27. The molecule has 0 heterocycles. The van der Waals surface area contributed by atoms with Crippen molar-refractivity contribution in [3.8, 4) is 5.75 Å². The van der Waals surface area contributed by atoms with Gasteiger partial charge < -0.3 is 14.7 Å². The average Bonchev–Trinajstić information content (AvgIpc) is 2.22. The molecule has 1 rings (SSSR count). The zero-order chi connectivity index (χ0) is 13.0. The molecular formula is C14H23NO2. The van der Waals surface area contributed by atoms with Crippen LogP contribution in [0.25, 0.3) is 0 Å². The van der Waals surface area contributed by atoms with Crippen molar-refractivity contribution in [2.24, 2.45) is 0 Å². The standard InChI is InChI=1S/C14H23NO2/c1-6-17-14-8-10(2)12(7-11(14)3)13(16)9-15(4)5/h7-8,13,16H,6,9H2,1-5H3. The molecule has 0 aliphatic carbocycles. The van der Waals surface area contributed by atoms with Crippen LogP contribution in [0.15, 0.2) is 12.1 Å². The molecule has 1 aromatic rings. The molecule has 1 unspecified atom stereocenters. The van der Waals surface area contributed by atoms with Crippen molar-refractivity contribution in [1.82, 2.24) is 4.90 Å². The largest absolute Gasteiger partial charge is 0.494 e. The molecule has 17 heavy (non-hydrogen) atoms. The van der Waals surface area contributed by atoms with Gasteiger partial charge in [0.2, 0.25) is 0 Å². The van der Waals surface area contributed by atoms with E-state index in [1.165, 1.54) is 0 Å². The van der Waals surface area contributed by atoms with Crippen LogP contribution >= 0.6 is 0 Å². The van der Waals surface area contributed by atoms with Gasteiger partial charge in [-0.25, -0.2) is 0 Å². The lowest BCUT2D eigenvalue weighted by Crippen LogP contribution is -2.20. The summed E-state index contributed by atoms with van der Waals surface area (Å²) in [5.41, 5.74) is 3.14. The Morgan fingerprint density at radius 3 is 2.41 bits per heavy atom. The van der Waals surface area contributed by atoms with Gasteiger partial charge in [0.05, 0.1) is 12.7 Å². The van der Waals surface area contributed by atoms with Crippen molar-refractivity contribution in [2.75, 3.05) is 27.2 Å². The maximum Gasteiger partial charge on any atom is 0.122 e. The Labute approximate surface area is 104 Å². The van der Waals surface area contributed by atoms with E-state index in [0.717, 1.165) is 22.4 Å². The summed E-state index contributed by atoms with van der Waals surface area (Å²) in [7, 11) is 3.92. The van der Waals surface area contributed by atoms with Crippen LogP contribution in [0.3, 0.4) is 0 Å². The summed E-state index contributed by atoms with van der Waals surface area (Å²) in [4.78, 5) is 1.98. The van der Waals surface area contributed by atoms with Gasteiger partial charge in [0, 0.05) is 6.54 Å². The maximum atomic E-state index is 10.1. The van der Waals surface area contributed by atoms with Crippen LogP contribution in [0.1, 0.15) is 29.7 Å². The number of nitrogens with zero attached hydrogens (tertiary/aromatic N) is 1. The number of hydrogen-bond donors (Lipinski definition) is 1. The van der Waals surface area contributed by atoms with Crippen LogP contribution in [0.4, 0.5) is 0 Å². The number of aryl methyl sites for hydroxylation is 2. The predicted molar refractivity (Wildman–Crippen MR) is 70.6 cm³/mol. The third-order valence-electron chi connectivity index (χ3n) is 2.76. The van der Waals surface area contributed by atoms with E-state index in [-0.39, 0.29) is 0 Å². The summed E-state index contributed by atoms with van der Waals surface area (Å²) in [6.07, 6.45) is -0.445. The second-order valence-corrected chi connectivity index (χ2v) is 4.69. The lowest BCUT2D eigenvalue weighted by atomic mass is 9.99. The second kappa shape index (κ2) is 6.03. The first kappa shape index (κ1) is 14.0. The third kappa shape index (κ3) is 3.72. The monoisotopic (exact) mass is 237 g/mol.